The van der Waals surface area contributed by atoms with E-state index in [9.17, 15) is 14.4 Å². The molecule has 3 heterocycles. The number of carbonyl (C=O) groups excluding carboxylic acids is 3. The van der Waals surface area contributed by atoms with Crippen LogP contribution in [0.5, 0.6) is 5.75 Å². The van der Waals surface area contributed by atoms with E-state index in [0.717, 1.165) is 70.9 Å². The highest BCUT2D eigenvalue weighted by Crippen LogP contribution is 2.27. The number of hydrogen-bond acceptors (Lipinski definition) is 6. The largest absolute Gasteiger partial charge is 0.484 e. The smallest absolute Gasteiger partial charge is 0.260 e. The molecular weight excluding hydrogens is 424 g/mol. The molecule has 0 aromatic heterocycles. The van der Waals surface area contributed by atoms with Gasteiger partial charge in [-0.05, 0) is 50.1 Å². The van der Waals surface area contributed by atoms with Crippen LogP contribution in [0, 0.1) is 5.92 Å². The SMILES string of the molecule is O=C(NCCCN1CCOCC1)[C@H]1CC(=O)N(c2ccc(OCC(=O)N3CCCC3)cc2)C1. The van der Waals surface area contributed by atoms with Crippen LogP contribution in [-0.4, -0.2) is 93.2 Å². The normalized spacial score (nSPS) is 21.5. The summed E-state index contributed by atoms with van der Waals surface area (Å²) in [6.07, 6.45) is 3.21. The van der Waals surface area contributed by atoms with Gasteiger partial charge in [0.05, 0.1) is 19.1 Å². The molecule has 1 aromatic carbocycles. The van der Waals surface area contributed by atoms with Gasteiger partial charge in [-0.3, -0.25) is 19.3 Å². The van der Waals surface area contributed by atoms with Crippen molar-refractivity contribution in [2.24, 2.45) is 5.92 Å². The summed E-state index contributed by atoms with van der Waals surface area (Å²) in [6, 6.07) is 7.13. The van der Waals surface area contributed by atoms with Crippen molar-refractivity contribution in [1.82, 2.24) is 15.1 Å². The summed E-state index contributed by atoms with van der Waals surface area (Å²) in [5, 5.41) is 2.98. The minimum atomic E-state index is -0.338. The molecular formula is C24H34N4O5. The van der Waals surface area contributed by atoms with E-state index in [1.807, 2.05) is 4.90 Å². The second-order valence-corrected chi connectivity index (χ2v) is 8.87. The van der Waals surface area contributed by atoms with Crippen molar-refractivity contribution in [3.05, 3.63) is 24.3 Å². The Morgan fingerprint density at radius 2 is 1.79 bits per heavy atom. The molecule has 9 nitrogen and oxygen atoms in total. The van der Waals surface area contributed by atoms with Crippen LogP contribution in [0.3, 0.4) is 0 Å². The lowest BCUT2D eigenvalue weighted by Crippen LogP contribution is -2.39. The first-order valence-corrected chi connectivity index (χ1v) is 12.0. The molecule has 1 N–H and O–H groups in total. The van der Waals surface area contributed by atoms with Gasteiger partial charge in [-0.15, -0.1) is 0 Å². The molecule has 33 heavy (non-hydrogen) atoms. The average Bonchev–Trinajstić information content (AvgIpc) is 3.52. The number of carbonyl (C=O) groups is 3. The Morgan fingerprint density at radius 3 is 2.52 bits per heavy atom. The highest BCUT2D eigenvalue weighted by molar-refractivity contribution is 6.00. The van der Waals surface area contributed by atoms with Crippen molar-refractivity contribution < 1.29 is 23.9 Å². The Hall–Kier alpha value is -2.65. The molecule has 0 radical (unpaired) electrons. The number of ether oxygens (including phenoxy) is 2. The third-order valence-electron chi connectivity index (χ3n) is 6.52. The number of benzene rings is 1. The van der Waals surface area contributed by atoms with Gasteiger partial charge in [-0.25, -0.2) is 0 Å². The van der Waals surface area contributed by atoms with Crippen LogP contribution in [0.1, 0.15) is 25.7 Å². The summed E-state index contributed by atoms with van der Waals surface area (Å²) < 4.78 is 11.0. The Bertz CT molecular complexity index is 819. The van der Waals surface area contributed by atoms with E-state index in [-0.39, 0.29) is 36.7 Å². The predicted octanol–water partition coefficient (Wildman–Crippen LogP) is 0.879. The van der Waals surface area contributed by atoms with Crippen LogP contribution in [0.25, 0.3) is 0 Å². The molecule has 3 amide bonds. The fraction of sp³-hybridized carbons (Fsp3) is 0.625. The molecule has 3 aliphatic heterocycles. The first-order chi connectivity index (χ1) is 16.1. The summed E-state index contributed by atoms with van der Waals surface area (Å²) >= 11 is 0. The van der Waals surface area contributed by atoms with E-state index in [1.54, 1.807) is 29.2 Å². The van der Waals surface area contributed by atoms with Gasteiger partial charge < -0.3 is 24.6 Å². The minimum absolute atomic E-state index is 0.00472. The summed E-state index contributed by atoms with van der Waals surface area (Å²) in [6.45, 7) is 7.00. The van der Waals surface area contributed by atoms with Crippen LogP contribution in [-0.2, 0) is 19.1 Å². The van der Waals surface area contributed by atoms with Crippen LogP contribution < -0.4 is 15.0 Å². The van der Waals surface area contributed by atoms with Gasteiger partial charge in [0.2, 0.25) is 11.8 Å². The van der Waals surface area contributed by atoms with E-state index in [2.05, 4.69) is 10.2 Å². The fourth-order valence-corrected chi connectivity index (χ4v) is 4.54. The van der Waals surface area contributed by atoms with Crippen LogP contribution in [0.4, 0.5) is 5.69 Å². The maximum absolute atomic E-state index is 12.6. The van der Waals surface area contributed by atoms with Crippen LogP contribution in [0.2, 0.25) is 0 Å². The number of nitrogens with one attached hydrogen (secondary N) is 1. The molecule has 0 bridgehead atoms. The molecule has 0 saturated carbocycles. The zero-order valence-corrected chi connectivity index (χ0v) is 19.2. The Kier molecular flexibility index (Phi) is 8.17. The lowest BCUT2D eigenvalue weighted by atomic mass is 10.1. The Balaban J connectivity index is 1.19. The van der Waals surface area contributed by atoms with Crippen molar-refractivity contribution in [2.75, 3.05) is 70.5 Å². The van der Waals surface area contributed by atoms with E-state index in [1.165, 1.54) is 0 Å². The lowest BCUT2D eigenvalue weighted by Gasteiger charge is -2.26. The Morgan fingerprint density at radius 1 is 1.06 bits per heavy atom. The maximum atomic E-state index is 12.6. The molecule has 180 valence electrons. The number of morpholine rings is 1. The lowest BCUT2D eigenvalue weighted by molar-refractivity contribution is -0.132. The van der Waals surface area contributed by atoms with Crippen molar-refractivity contribution in [3.8, 4) is 5.75 Å². The minimum Gasteiger partial charge on any atom is -0.484 e. The number of amides is 3. The van der Waals surface area contributed by atoms with Crippen molar-refractivity contribution >= 4 is 23.4 Å². The third kappa shape index (κ3) is 6.45. The summed E-state index contributed by atoms with van der Waals surface area (Å²) in [7, 11) is 0. The fourth-order valence-electron chi connectivity index (χ4n) is 4.54. The number of rotatable bonds is 9. The second kappa shape index (κ2) is 11.5. The molecule has 1 atom stereocenters. The van der Waals surface area contributed by atoms with Crippen molar-refractivity contribution in [3.63, 3.8) is 0 Å². The van der Waals surface area contributed by atoms with Gasteiger partial charge in [-0.1, -0.05) is 0 Å². The van der Waals surface area contributed by atoms with Gasteiger partial charge in [0, 0.05) is 51.4 Å². The van der Waals surface area contributed by atoms with Crippen LogP contribution >= 0.6 is 0 Å². The van der Waals surface area contributed by atoms with Crippen molar-refractivity contribution in [1.29, 1.82) is 0 Å². The maximum Gasteiger partial charge on any atom is 0.260 e. The second-order valence-electron chi connectivity index (χ2n) is 8.87. The molecule has 4 rings (SSSR count). The predicted molar refractivity (Wildman–Crippen MR) is 123 cm³/mol. The zero-order valence-electron chi connectivity index (χ0n) is 19.2. The van der Waals surface area contributed by atoms with Gasteiger partial charge in [0.1, 0.15) is 5.75 Å². The van der Waals surface area contributed by atoms with E-state index in [4.69, 9.17) is 9.47 Å². The first kappa shape index (κ1) is 23.5. The van der Waals surface area contributed by atoms with E-state index < -0.39 is 0 Å². The average molecular weight is 459 g/mol. The molecule has 0 unspecified atom stereocenters. The first-order valence-electron chi connectivity index (χ1n) is 12.0. The number of likely N-dealkylation sites (tertiary alicyclic amines) is 1. The zero-order chi connectivity index (χ0) is 23.0. The van der Waals surface area contributed by atoms with Gasteiger partial charge in [0.25, 0.3) is 5.91 Å². The summed E-state index contributed by atoms with van der Waals surface area (Å²) in [4.78, 5) is 43.0. The monoisotopic (exact) mass is 458 g/mol. The topological polar surface area (TPSA) is 91.4 Å². The summed E-state index contributed by atoms with van der Waals surface area (Å²) in [5.74, 6) is 0.141. The highest BCUT2D eigenvalue weighted by Gasteiger charge is 2.35. The molecule has 9 heteroatoms. The summed E-state index contributed by atoms with van der Waals surface area (Å²) in [5.41, 5.74) is 0.737. The number of nitrogens with zero attached hydrogens (tertiary/aromatic N) is 3. The molecule has 3 saturated heterocycles. The Labute approximate surface area is 195 Å². The van der Waals surface area contributed by atoms with Gasteiger partial charge in [-0.2, -0.15) is 0 Å². The number of anilines is 1. The van der Waals surface area contributed by atoms with Crippen LogP contribution in [0.15, 0.2) is 24.3 Å². The molecule has 0 aliphatic carbocycles. The third-order valence-corrected chi connectivity index (χ3v) is 6.52. The van der Waals surface area contributed by atoms with Crippen molar-refractivity contribution in [2.45, 2.75) is 25.7 Å². The molecule has 0 spiro atoms. The quantitative estimate of drug-likeness (QED) is 0.553. The van der Waals surface area contributed by atoms with Gasteiger partial charge in [0.15, 0.2) is 6.61 Å². The standard InChI is InChI=1S/C24H34N4O5/c29-22-16-19(24(31)25-8-3-9-26-12-14-32-15-13-26)17-28(22)20-4-6-21(7-5-20)33-18-23(30)27-10-1-2-11-27/h4-7,19H,1-3,8-18H2,(H,25,31)/t19-/m0/s1. The molecule has 3 aliphatic rings. The van der Waals surface area contributed by atoms with Gasteiger partial charge >= 0.3 is 0 Å². The highest BCUT2D eigenvalue weighted by atomic mass is 16.5. The molecule has 3 fully saturated rings. The van der Waals surface area contributed by atoms with E-state index >= 15 is 0 Å². The van der Waals surface area contributed by atoms with E-state index in [0.29, 0.717) is 18.8 Å². The molecule has 1 aromatic rings. The number of hydrogen-bond donors (Lipinski definition) is 1.